The monoisotopic (exact) mass is 381 g/mol. The van der Waals surface area contributed by atoms with E-state index in [0.717, 1.165) is 23.2 Å². The Kier molecular flexibility index (Phi) is 3.86. The van der Waals surface area contributed by atoms with E-state index < -0.39 is 10.0 Å². The van der Waals surface area contributed by atoms with Crippen molar-refractivity contribution in [3.63, 3.8) is 0 Å². The first kappa shape index (κ1) is 16.9. The highest BCUT2D eigenvalue weighted by atomic mass is 35.5. The lowest BCUT2D eigenvalue weighted by molar-refractivity contribution is -0.118. The Balaban J connectivity index is 1.71. The van der Waals surface area contributed by atoms with Gasteiger partial charge in [-0.15, -0.1) is 0 Å². The van der Waals surface area contributed by atoms with E-state index >= 15 is 0 Å². The second-order valence-electron chi connectivity index (χ2n) is 6.99. The number of rotatable bonds is 2. The highest BCUT2D eigenvalue weighted by molar-refractivity contribution is 7.88. The zero-order valence-corrected chi connectivity index (χ0v) is 15.6. The third kappa shape index (κ3) is 2.74. The predicted octanol–water partition coefficient (Wildman–Crippen LogP) is 1.90. The lowest BCUT2D eigenvalue weighted by Crippen LogP contribution is -2.45. The van der Waals surface area contributed by atoms with Crippen molar-refractivity contribution in [2.24, 2.45) is 5.92 Å². The van der Waals surface area contributed by atoms with Gasteiger partial charge in [-0.05, 0) is 43.0 Å². The molecule has 0 bridgehead atoms. The van der Waals surface area contributed by atoms with Crippen molar-refractivity contribution in [1.82, 2.24) is 9.62 Å². The second-order valence-corrected chi connectivity index (χ2v) is 9.41. The summed E-state index contributed by atoms with van der Waals surface area (Å²) < 4.78 is 25.2. The number of hydrogen-bond acceptors (Lipinski definition) is 4. The SMILES string of the molecule is CC1=C(C2CCN(S(C)(=O)=O)C2)C2Nc3ccc(Cl)cc3C2NC1=O. The summed E-state index contributed by atoms with van der Waals surface area (Å²) in [5, 5.41) is 7.18. The van der Waals surface area contributed by atoms with Gasteiger partial charge >= 0.3 is 0 Å². The average Bonchev–Trinajstić information content (AvgIpc) is 3.13. The van der Waals surface area contributed by atoms with Crippen molar-refractivity contribution in [3.05, 3.63) is 39.9 Å². The van der Waals surface area contributed by atoms with Crippen LogP contribution in [0.3, 0.4) is 0 Å². The van der Waals surface area contributed by atoms with Crippen LogP contribution in [0, 0.1) is 5.92 Å². The van der Waals surface area contributed by atoms with Crippen LogP contribution in [-0.2, 0) is 14.8 Å². The number of anilines is 1. The van der Waals surface area contributed by atoms with Crippen LogP contribution in [0.4, 0.5) is 5.69 Å². The van der Waals surface area contributed by atoms with Gasteiger partial charge < -0.3 is 10.6 Å². The predicted molar refractivity (Wildman–Crippen MR) is 97.0 cm³/mol. The molecule has 2 N–H and O–H groups in total. The van der Waals surface area contributed by atoms with Crippen molar-refractivity contribution in [1.29, 1.82) is 0 Å². The maximum absolute atomic E-state index is 12.5. The molecule has 3 atom stereocenters. The Morgan fingerprint density at radius 1 is 1.24 bits per heavy atom. The van der Waals surface area contributed by atoms with Gasteiger partial charge in [0, 0.05) is 34.9 Å². The van der Waals surface area contributed by atoms with Crippen LogP contribution < -0.4 is 10.6 Å². The molecule has 1 saturated heterocycles. The fourth-order valence-electron chi connectivity index (χ4n) is 4.23. The van der Waals surface area contributed by atoms with E-state index in [2.05, 4.69) is 10.6 Å². The third-order valence-electron chi connectivity index (χ3n) is 5.45. The van der Waals surface area contributed by atoms with E-state index in [0.29, 0.717) is 23.7 Å². The van der Waals surface area contributed by atoms with E-state index in [-0.39, 0.29) is 23.9 Å². The van der Waals surface area contributed by atoms with Gasteiger partial charge in [0.25, 0.3) is 0 Å². The average molecular weight is 382 g/mol. The highest BCUT2D eigenvalue weighted by Crippen LogP contribution is 2.45. The molecule has 0 aromatic heterocycles. The van der Waals surface area contributed by atoms with E-state index in [1.165, 1.54) is 10.6 Å². The van der Waals surface area contributed by atoms with E-state index in [9.17, 15) is 13.2 Å². The minimum atomic E-state index is -3.21. The molecule has 3 aliphatic heterocycles. The summed E-state index contributed by atoms with van der Waals surface area (Å²) >= 11 is 6.13. The van der Waals surface area contributed by atoms with Gasteiger partial charge in [-0.1, -0.05) is 11.6 Å². The van der Waals surface area contributed by atoms with Gasteiger partial charge in [0.05, 0.1) is 18.3 Å². The first-order chi connectivity index (χ1) is 11.8. The van der Waals surface area contributed by atoms with Crippen molar-refractivity contribution >= 4 is 33.2 Å². The number of nitrogens with one attached hydrogen (secondary N) is 2. The minimum absolute atomic E-state index is 0.0468. The van der Waals surface area contributed by atoms with Gasteiger partial charge in [-0.3, -0.25) is 4.79 Å². The maximum atomic E-state index is 12.5. The van der Waals surface area contributed by atoms with E-state index in [1.54, 1.807) is 0 Å². The molecule has 0 saturated carbocycles. The maximum Gasteiger partial charge on any atom is 0.247 e. The summed E-state index contributed by atoms with van der Waals surface area (Å²) in [6.45, 7) is 2.75. The molecule has 1 fully saturated rings. The fourth-order valence-corrected chi connectivity index (χ4v) is 5.30. The number of sulfonamides is 1. The zero-order chi connectivity index (χ0) is 17.9. The van der Waals surface area contributed by atoms with Crippen molar-refractivity contribution in [2.75, 3.05) is 24.7 Å². The second kappa shape index (κ2) is 5.72. The lowest BCUT2D eigenvalue weighted by atomic mass is 9.81. The van der Waals surface area contributed by atoms with Crippen LogP contribution in [0.1, 0.15) is 24.9 Å². The number of carbonyl (C=O) groups is 1. The fraction of sp³-hybridized carbons (Fsp3) is 0.471. The number of fused-ring (bicyclic) bond motifs is 3. The Morgan fingerprint density at radius 3 is 2.68 bits per heavy atom. The molecule has 0 radical (unpaired) electrons. The number of carbonyl (C=O) groups excluding carboxylic acids is 1. The van der Waals surface area contributed by atoms with Crippen LogP contribution in [0.2, 0.25) is 5.02 Å². The number of halogens is 1. The van der Waals surface area contributed by atoms with Gasteiger partial charge in [0.2, 0.25) is 15.9 Å². The standard InChI is InChI=1S/C17H20ClN3O3S/c1-9-14(10-5-6-21(8-10)25(2,23)24)16-15(20-17(9)22)12-7-11(18)3-4-13(12)19-16/h3-4,7,10,15-16,19H,5-6,8H2,1-2H3,(H,20,22). The molecule has 1 aromatic rings. The first-order valence-corrected chi connectivity index (χ1v) is 10.5. The summed E-state index contributed by atoms with van der Waals surface area (Å²) in [5.74, 6) is -0.0470. The largest absolute Gasteiger partial charge is 0.376 e. The van der Waals surface area contributed by atoms with Crippen LogP contribution in [0.5, 0.6) is 0 Å². The summed E-state index contributed by atoms with van der Waals surface area (Å²) in [4.78, 5) is 12.5. The van der Waals surface area contributed by atoms with Crippen molar-refractivity contribution in [3.8, 4) is 0 Å². The number of hydrogen-bond donors (Lipinski definition) is 2. The molecule has 134 valence electrons. The molecule has 4 rings (SSSR count). The number of nitrogens with zero attached hydrogens (tertiary/aromatic N) is 1. The third-order valence-corrected chi connectivity index (χ3v) is 6.95. The molecule has 1 aromatic carbocycles. The molecule has 8 heteroatoms. The van der Waals surface area contributed by atoms with Gasteiger partial charge in [-0.25, -0.2) is 12.7 Å². The highest BCUT2D eigenvalue weighted by Gasteiger charge is 2.45. The molecule has 1 amide bonds. The Morgan fingerprint density at radius 2 is 2.00 bits per heavy atom. The van der Waals surface area contributed by atoms with Crippen molar-refractivity contribution in [2.45, 2.75) is 25.4 Å². The molecular formula is C17H20ClN3O3S. The molecule has 6 nitrogen and oxygen atoms in total. The molecule has 0 spiro atoms. The Hall–Kier alpha value is -1.57. The quantitative estimate of drug-likeness (QED) is 0.820. The molecule has 3 heterocycles. The first-order valence-electron chi connectivity index (χ1n) is 8.28. The molecule has 3 aliphatic rings. The van der Waals surface area contributed by atoms with Crippen molar-refractivity contribution < 1.29 is 13.2 Å². The van der Waals surface area contributed by atoms with Gasteiger partial charge in [0.15, 0.2) is 0 Å². The Labute approximate surface area is 152 Å². The summed E-state index contributed by atoms with van der Waals surface area (Å²) in [6.07, 6.45) is 1.97. The minimum Gasteiger partial charge on any atom is -0.376 e. The normalized spacial score (nSPS) is 29.2. The summed E-state index contributed by atoms with van der Waals surface area (Å²) in [6, 6.07) is 5.39. The number of benzene rings is 1. The molecular weight excluding hydrogens is 362 g/mol. The smallest absolute Gasteiger partial charge is 0.247 e. The topological polar surface area (TPSA) is 78.5 Å². The molecule has 25 heavy (non-hydrogen) atoms. The summed E-state index contributed by atoms with van der Waals surface area (Å²) in [5.41, 5.74) is 3.65. The van der Waals surface area contributed by atoms with Crippen LogP contribution in [0.15, 0.2) is 29.3 Å². The molecule has 0 aliphatic carbocycles. The Bertz CT molecular complexity index is 896. The van der Waals surface area contributed by atoms with Crippen LogP contribution in [-0.4, -0.2) is 44.0 Å². The van der Waals surface area contributed by atoms with Gasteiger partial charge in [-0.2, -0.15) is 0 Å². The zero-order valence-electron chi connectivity index (χ0n) is 14.0. The summed E-state index contributed by atoms with van der Waals surface area (Å²) in [7, 11) is -3.21. The van der Waals surface area contributed by atoms with E-state index in [1.807, 2.05) is 25.1 Å². The number of amides is 1. The van der Waals surface area contributed by atoms with Gasteiger partial charge in [0.1, 0.15) is 0 Å². The van der Waals surface area contributed by atoms with E-state index in [4.69, 9.17) is 11.6 Å². The van der Waals surface area contributed by atoms with Crippen LogP contribution >= 0.6 is 11.6 Å². The van der Waals surface area contributed by atoms with Crippen LogP contribution in [0.25, 0.3) is 0 Å². The lowest BCUT2D eigenvalue weighted by Gasteiger charge is -2.34. The molecule has 3 unspecified atom stereocenters.